The molecule has 1 N–H and O–H groups in total. The zero-order valence-corrected chi connectivity index (χ0v) is 33.8. The van der Waals surface area contributed by atoms with Crippen LogP contribution in [0.4, 0.5) is 8.78 Å². The number of aromatic carboxylic acids is 1. The molecule has 1 aromatic rings. The van der Waals surface area contributed by atoms with Crippen molar-refractivity contribution in [2.75, 3.05) is 107 Å². The highest BCUT2D eigenvalue weighted by Crippen LogP contribution is 2.22. The molecule has 0 bridgehead atoms. The van der Waals surface area contributed by atoms with E-state index in [4.69, 9.17) is 20.2 Å². The standard InChI is InChI=1S/C7H4F2O3.4C7H18N.BO3/c8-4-2-1-3(7(11)12)6(10)5(4)9;4*1-5-8(4,6-2)7-3;2-1(3)4/h1-2,10H,(H,11,12);4*5-7H2,1-4H3;/q;4*+1;-3/p-1. The van der Waals surface area contributed by atoms with Crippen LogP contribution in [0.5, 0.6) is 5.75 Å². The third kappa shape index (κ3) is 27.0. The Balaban J connectivity index is -0.000000158. The molecule has 0 aliphatic carbocycles. The number of carboxylic acids is 1. The predicted molar refractivity (Wildman–Crippen MR) is 189 cm³/mol. The molecule has 0 atom stereocenters. The molecule has 0 saturated carbocycles. The zero-order valence-electron chi connectivity index (χ0n) is 33.8. The van der Waals surface area contributed by atoms with Crippen molar-refractivity contribution < 1.29 is 56.8 Å². The van der Waals surface area contributed by atoms with Crippen LogP contribution in [0.25, 0.3) is 0 Å². The van der Waals surface area contributed by atoms with Crippen LogP contribution in [0.15, 0.2) is 12.1 Å². The molecule has 48 heavy (non-hydrogen) atoms. The number of benzene rings is 1. The van der Waals surface area contributed by atoms with Gasteiger partial charge in [0.15, 0.2) is 11.6 Å². The maximum absolute atomic E-state index is 12.4. The van der Waals surface area contributed by atoms with E-state index in [0.29, 0.717) is 6.07 Å². The first-order valence-electron chi connectivity index (χ1n) is 17.7. The average Bonchev–Trinajstić information content (AvgIpc) is 3.09. The van der Waals surface area contributed by atoms with Gasteiger partial charge in [-0.25, -0.2) is 4.39 Å². The highest BCUT2D eigenvalue weighted by Gasteiger charge is 2.14. The van der Waals surface area contributed by atoms with Gasteiger partial charge in [-0.15, -0.1) is 0 Å². The molecule has 13 heteroatoms. The molecular formula is C35H75BF2N4O6. The second-order valence-corrected chi connectivity index (χ2v) is 12.6. The Hall–Kier alpha value is -1.87. The topological polar surface area (TPSA) is 130 Å². The molecule has 1 rings (SSSR count). The highest BCUT2D eigenvalue weighted by atomic mass is 19.2. The number of carbonyl (C=O) groups is 1. The first kappa shape index (κ1) is 55.5. The van der Waals surface area contributed by atoms with Crippen molar-refractivity contribution in [3.8, 4) is 5.75 Å². The van der Waals surface area contributed by atoms with Gasteiger partial charge in [0, 0.05) is 5.56 Å². The number of rotatable bonds is 13. The largest absolute Gasteiger partial charge is 0.907 e. The van der Waals surface area contributed by atoms with E-state index in [9.17, 15) is 18.7 Å². The van der Waals surface area contributed by atoms with Crippen LogP contribution in [0.3, 0.4) is 0 Å². The van der Waals surface area contributed by atoms with Crippen molar-refractivity contribution in [3.63, 3.8) is 0 Å². The number of phenols is 1. The fourth-order valence-electron chi connectivity index (χ4n) is 3.39. The van der Waals surface area contributed by atoms with Crippen molar-refractivity contribution in [3.05, 3.63) is 29.3 Å². The molecule has 0 aliphatic rings. The molecule has 288 valence electrons. The number of carbonyl (C=O) groups excluding carboxylic acids is 1. The van der Waals surface area contributed by atoms with Gasteiger partial charge >= 0.3 is 0 Å². The van der Waals surface area contributed by atoms with E-state index in [2.05, 4.69) is 111 Å². The summed E-state index contributed by atoms with van der Waals surface area (Å²) in [5.41, 5.74) is -0.770. The summed E-state index contributed by atoms with van der Waals surface area (Å²) in [6, 6.07) is 1.32. The number of hydrogen-bond donors (Lipinski definition) is 1. The second-order valence-electron chi connectivity index (χ2n) is 12.6. The van der Waals surface area contributed by atoms with Crippen LogP contribution in [-0.2, 0) is 0 Å². The van der Waals surface area contributed by atoms with Gasteiger partial charge in [0.25, 0.3) is 0 Å². The molecule has 0 unspecified atom stereocenters. The van der Waals surface area contributed by atoms with Gasteiger partial charge in [-0.2, -0.15) is 4.39 Å². The van der Waals surface area contributed by atoms with Gasteiger partial charge in [-0.05, 0) is 95.2 Å². The van der Waals surface area contributed by atoms with Gasteiger partial charge in [-0.3, -0.25) is 7.32 Å². The van der Waals surface area contributed by atoms with Crippen LogP contribution in [0.2, 0.25) is 0 Å². The van der Waals surface area contributed by atoms with E-state index in [-0.39, 0.29) is 0 Å². The second kappa shape index (κ2) is 30.0. The van der Waals surface area contributed by atoms with Crippen LogP contribution in [-0.4, -0.2) is 143 Å². The van der Waals surface area contributed by atoms with Crippen molar-refractivity contribution in [1.82, 2.24) is 0 Å². The zero-order chi connectivity index (χ0) is 39.4. The number of nitrogens with zero attached hydrogens (tertiary/aromatic N) is 4. The molecule has 10 nitrogen and oxygen atoms in total. The quantitative estimate of drug-likeness (QED) is 0.249. The van der Waals surface area contributed by atoms with E-state index in [1.807, 2.05) is 0 Å². The summed E-state index contributed by atoms with van der Waals surface area (Å²) in [5.74, 6) is -5.89. The minimum atomic E-state index is -2.92. The Labute approximate surface area is 294 Å². The summed E-state index contributed by atoms with van der Waals surface area (Å²) in [6.07, 6.45) is 0. The number of quaternary nitrogens is 4. The Morgan fingerprint density at radius 1 is 0.562 bits per heavy atom. The van der Waals surface area contributed by atoms with E-state index >= 15 is 0 Å². The maximum Gasteiger partial charge on any atom is 0.201 e. The van der Waals surface area contributed by atoms with Gasteiger partial charge in [0.1, 0.15) is 0 Å². The number of hydrogen-bond acceptors (Lipinski definition) is 6. The fraction of sp³-hybridized carbons (Fsp3) is 0.800. The molecule has 0 saturated heterocycles. The lowest BCUT2D eigenvalue weighted by molar-refractivity contribution is -0.904. The fourth-order valence-corrected chi connectivity index (χ4v) is 3.39. The van der Waals surface area contributed by atoms with Crippen molar-refractivity contribution in [2.24, 2.45) is 0 Å². The maximum atomic E-state index is 12.4. The highest BCUT2D eigenvalue weighted by molar-refractivity contribution is 6.24. The normalized spacial score (nSPS) is 11.0. The van der Waals surface area contributed by atoms with Crippen LogP contribution in [0.1, 0.15) is 93.4 Å². The van der Waals surface area contributed by atoms with Crippen molar-refractivity contribution in [1.29, 1.82) is 0 Å². The molecule has 0 heterocycles. The monoisotopic (exact) mass is 697 g/mol. The lowest BCUT2D eigenvalue weighted by Crippen LogP contribution is -2.56. The van der Waals surface area contributed by atoms with Gasteiger partial charge < -0.3 is 48.0 Å². The minimum absolute atomic E-state index is 0.597. The SMILES string of the molecule is CC[N+](C)(CC)CC.CC[N+](C)(CC)CC.CC[N+](C)(CC)CC.CC[N+](C)(CC)CC.O=C([O-])c1ccc(F)c(F)c1O.[O-]B([O-])[O-]. The number of carboxylic acid groups (broad SMARTS) is 1. The summed E-state index contributed by atoms with van der Waals surface area (Å²) in [6.45, 7) is 42.0. The van der Waals surface area contributed by atoms with E-state index < -0.39 is 36.2 Å². The Bertz CT molecular complexity index is 805. The summed E-state index contributed by atoms with van der Waals surface area (Å²) in [4.78, 5) is 10.1. The smallest absolute Gasteiger partial charge is 0.201 e. The van der Waals surface area contributed by atoms with Gasteiger partial charge in [0.2, 0.25) is 5.82 Å². The average molecular weight is 697 g/mol. The third-order valence-electron chi connectivity index (χ3n) is 10.5. The Morgan fingerprint density at radius 3 is 0.875 bits per heavy atom. The van der Waals surface area contributed by atoms with Crippen molar-refractivity contribution >= 4 is 13.3 Å². The van der Waals surface area contributed by atoms with Crippen LogP contribution < -0.4 is 20.2 Å². The first-order valence-corrected chi connectivity index (χ1v) is 17.7. The van der Waals surface area contributed by atoms with E-state index in [1.165, 1.54) is 96.5 Å². The van der Waals surface area contributed by atoms with Crippen molar-refractivity contribution in [2.45, 2.75) is 83.1 Å². The predicted octanol–water partition coefficient (Wildman–Crippen LogP) is 2.06. The lowest BCUT2D eigenvalue weighted by Gasteiger charge is -2.35. The molecule has 1 aromatic carbocycles. The van der Waals surface area contributed by atoms with Crippen LogP contribution >= 0.6 is 0 Å². The first-order chi connectivity index (χ1) is 22.0. The Kier molecular flexibility index (Phi) is 34.7. The summed E-state index contributed by atoms with van der Waals surface area (Å²) < 4.78 is 29.5. The number of halogens is 2. The molecule has 0 spiro atoms. The van der Waals surface area contributed by atoms with Crippen LogP contribution in [0, 0.1) is 11.6 Å². The van der Waals surface area contributed by atoms with Gasteiger partial charge in [-0.1, -0.05) is 0 Å². The molecular weight excluding hydrogens is 621 g/mol. The molecule has 0 fully saturated rings. The molecule has 0 aliphatic heterocycles. The summed E-state index contributed by atoms with van der Waals surface area (Å²) >= 11 is 0. The summed E-state index contributed by atoms with van der Waals surface area (Å²) in [7, 11) is 6.25. The van der Waals surface area contributed by atoms with Gasteiger partial charge in [0.05, 0.1) is 113 Å². The number of aromatic hydroxyl groups is 1. The van der Waals surface area contributed by atoms with E-state index in [0.717, 1.165) is 6.07 Å². The lowest BCUT2D eigenvalue weighted by atomic mass is 10.2. The minimum Gasteiger partial charge on any atom is -0.907 e. The summed E-state index contributed by atoms with van der Waals surface area (Å²) in [5, 5.41) is 44.1. The molecule has 0 radical (unpaired) electrons. The molecule has 0 amide bonds. The Morgan fingerprint density at radius 2 is 0.750 bits per heavy atom. The molecule has 0 aromatic heterocycles. The van der Waals surface area contributed by atoms with E-state index in [1.54, 1.807) is 0 Å². The third-order valence-corrected chi connectivity index (χ3v) is 10.5.